The highest BCUT2D eigenvalue weighted by molar-refractivity contribution is 7.11. The Bertz CT molecular complexity index is 327. The molecule has 1 rings (SSSR count). The molecule has 1 heterocycles. The second-order valence-electron chi connectivity index (χ2n) is 5.16. The van der Waals surface area contributed by atoms with Gasteiger partial charge in [-0.05, 0) is 33.2 Å². The van der Waals surface area contributed by atoms with Crippen LogP contribution in [0.2, 0.25) is 0 Å². The van der Waals surface area contributed by atoms with Gasteiger partial charge in [0.05, 0.1) is 10.7 Å². The monoisotopic (exact) mass is 268 g/mol. The van der Waals surface area contributed by atoms with Gasteiger partial charge in [-0.1, -0.05) is 33.1 Å². The van der Waals surface area contributed by atoms with Gasteiger partial charge in [0, 0.05) is 17.3 Å². The molecule has 0 aliphatic rings. The van der Waals surface area contributed by atoms with Crippen molar-refractivity contribution in [2.45, 2.75) is 65.8 Å². The van der Waals surface area contributed by atoms with Crippen molar-refractivity contribution in [1.29, 1.82) is 0 Å². The lowest BCUT2D eigenvalue weighted by Gasteiger charge is -2.25. The molecule has 0 radical (unpaired) electrons. The number of aromatic nitrogens is 1. The average molecular weight is 268 g/mol. The number of thiazole rings is 1. The van der Waals surface area contributed by atoms with Gasteiger partial charge in [0.25, 0.3) is 0 Å². The lowest BCUT2D eigenvalue weighted by atomic mass is 9.89. The van der Waals surface area contributed by atoms with Gasteiger partial charge in [-0.2, -0.15) is 0 Å². The summed E-state index contributed by atoms with van der Waals surface area (Å²) in [7, 11) is 2.09. The first kappa shape index (κ1) is 15.6. The van der Waals surface area contributed by atoms with Crippen LogP contribution in [0.5, 0.6) is 0 Å². The predicted octanol–water partition coefficient (Wildman–Crippen LogP) is 4.11. The fourth-order valence-corrected chi connectivity index (χ4v) is 3.47. The van der Waals surface area contributed by atoms with Crippen LogP contribution >= 0.6 is 11.3 Å². The summed E-state index contributed by atoms with van der Waals surface area (Å²) in [5.74, 6) is 0.777. The molecule has 104 valence electrons. The van der Waals surface area contributed by atoms with Crippen LogP contribution in [0.15, 0.2) is 0 Å². The highest BCUT2D eigenvalue weighted by Crippen LogP contribution is 2.23. The van der Waals surface area contributed by atoms with E-state index in [4.69, 9.17) is 0 Å². The van der Waals surface area contributed by atoms with E-state index < -0.39 is 0 Å². The molecule has 18 heavy (non-hydrogen) atoms. The van der Waals surface area contributed by atoms with Crippen LogP contribution in [0.1, 0.15) is 55.1 Å². The van der Waals surface area contributed by atoms with E-state index in [0.29, 0.717) is 6.04 Å². The highest BCUT2D eigenvalue weighted by atomic mass is 32.1. The molecule has 1 aromatic rings. The molecule has 0 spiro atoms. The smallest absolute Gasteiger partial charge is 0.0946 e. The fourth-order valence-electron chi connectivity index (χ4n) is 2.48. The van der Waals surface area contributed by atoms with Gasteiger partial charge in [-0.3, -0.25) is 0 Å². The number of hydrogen-bond donors (Lipinski definition) is 1. The van der Waals surface area contributed by atoms with Gasteiger partial charge < -0.3 is 5.32 Å². The van der Waals surface area contributed by atoms with E-state index in [0.717, 1.165) is 12.3 Å². The second kappa shape index (κ2) is 7.90. The number of nitrogens with one attached hydrogen (secondary N) is 1. The summed E-state index contributed by atoms with van der Waals surface area (Å²) in [6, 6.07) is 0.575. The summed E-state index contributed by atoms with van der Waals surface area (Å²) >= 11 is 1.86. The molecular formula is C15H28N2S. The van der Waals surface area contributed by atoms with Crippen LogP contribution in [-0.4, -0.2) is 18.1 Å². The van der Waals surface area contributed by atoms with Crippen molar-refractivity contribution in [3.63, 3.8) is 0 Å². The van der Waals surface area contributed by atoms with Crippen molar-refractivity contribution < 1.29 is 0 Å². The summed E-state index contributed by atoms with van der Waals surface area (Å²) in [6.45, 7) is 8.86. The molecule has 0 aromatic carbocycles. The van der Waals surface area contributed by atoms with Crippen molar-refractivity contribution >= 4 is 11.3 Å². The van der Waals surface area contributed by atoms with Crippen LogP contribution in [0.25, 0.3) is 0 Å². The molecule has 0 fully saturated rings. The quantitative estimate of drug-likeness (QED) is 0.767. The Balaban J connectivity index is 2.64. The van der Waals surface area contributed by atoms with Gasteiger partial charge in [-0.15, -0.1) is 11.3 Å². The summed E-state index contributed by atoms with van der Waals surface area (Å²) < 4.78 is 0. The van der Waals surface area contributed by atoms with Crippen molar-refractivity contribution in [3.05, 3.63) is 15.6 Å². The molecule has 0 amide bonds. The maximum absolute atomic E-state index is 4.67. The lowest BCUT2D eigenvalue weighted by Crippen LogP contribution is -2.35. The third-order valence-electron chi connectivity index (χ3n) is 3.86. The third-order valence-corrected chi connectivity index (χ3v) is 4.96. The molecule has 1 N–H and O–H groups in total. The van der Waals surface area contributed by atoms with E-state index in [1.165, 1.54) is 41.3 Å². The Labute approximate surface area is 116 Å². The molecule has 0 saturated carbocycles. The largest absolute Gasteiger partial charge is 0.316 e. The minimum Gasteiger partial charge on any atom is -0.316 e. The minimum absolute atomic E-state index is 0.575. The van der Waals surface area contributed by atoms with E-state index in [1.54, 1.807) is 0 Å². The third kappa shape index (κ3) is 4.36. The normalized spacial score (nSPS) is 14.7. The van der Waals surface area contributed by atoms with Gasteiger partial charge in [0.1, 0.15) is 0 Å². The summed E-state index contributed by atoms with van der Waals surface area (Å²) in [4.78, 5) is 6.04. The minimum atomic E-state index is 0.575. The molecule has 0 bridgehead atoms. The number of rotatable bonds is 8. The molecule has 0 aliphatic heterocycles. The first-order valence-corrected chi connectivity index (χ1v) is 8.04. The molecular weight excluding hydrogens is 240 g/mol. The molecule has 0 saturated heterocycles. The Hall–Kier alpha value is -0.410. The van der Waals surface area contributed by atoms with E-state index in [1.807, 2.05) is 11.3 Å². The molecule has 3 heteroatoms. The fraction of sp³-hybridized carbons (Fsp3) is 0.800. The molecule has 0 aliphatic carbocycles. The van der Waals surface area contributed by atoms with Crippen molar-refractivity contribution in [2.24, 2.45) is 5.92 Å². The summed E-state index contributed by atoms with van der Waals surface area (Å²) in [5, 5.41) is 4.80. The molecule has 2 atom stereocenters. The first-order valence-electron chi connectivity index (χ1n) is 7.22. The van der Waals surface area contributed by atoms with Crippen LogP contribution < -0.4 is 5.32 Å². The van der Waals surface area contributed by atoms with E-state index in [9.17, 15) is 0 Å². The number of nitrogens with zero attached hydrogens (tertiary/aromatic N) is 1. The Morgan fingerprint density at radius 2 is 2.00 bits per heavy atom. The molecule has 2 nitrogen and oxygen atoms in total. The van der Waals surface area contributed by atoms with Crippen molar-refractivity contribution in [2.75, 3.05) is 7.05 Å². The Kier molecular flexibility index (Phi) is 6.87. The van der Waals surface area contributed by atoms with Gasteiger partial charge in [0.15, 0.2) is 0 Å². The van der Waals surface area contributed by atoms with E-state index >= 15 is 0 Å². The first-order chi connectivity index (χ1) is 8.62. The topological polar surface area (TPSA) is 24.9 Å². The number of aryl methyl sites for hydroxylation is 2. The predicted molar refractivity (Wildman–Crippen MR) is 81.4 cm³/mol. The van der Waals surface area contributed by atoms with Crippen LogP contribution in [-0.2, 0) is 6.42 Å². The van der Waals surface area contributed by atoms with Crippen LogP contribution in [0, 0.1) is 19.8 Å². The SMILES string of the molecule is CCCCC(CC)C(Cc1nc(C)c(C)s1)NC. The van der Waals surface area contributed by atoms with Crippen LogP contribution in [0.4, 0.5) is 0 Å². The standard InChI is InChI=1S/C15H28N2S/c1-6-8-9-13(7-2)14(16-5)10-15-17-11(3)12(4)18-15/h13-14,16H,6-10H2,1-5H3. The Morgan fingerprint density at radius 1 is 1.28 bits per heavy atom. The number of likely N-dealkylation sites (N-methyl/N-ethyl adjacent to an activating group) is 1. The van der Waals surface area contributed by atoms with Gasteiger partial charge in [0.2, 0.25) is 0 Å². The lowest BCUT2D eigenvalue weighted by molar-refractivity contribution is 0.330. The number of hydrogen-bond acceptors (Lipinski definition) is 3. The van der Waals surface area contributed by atoms with Crippen molar-refractivity contribution in [3.8, 4) is 0 Å². The summed E-state index contributed by atoms with van der Waals surface area (Å²) in [5.41, 5.74) is 1.20. The van der Waals surface area contributed by atoms with Crippen LogP contribution in [0.3, 0.4) is 0 Å². The zero-order valence-electron chi connectivity index (χ0n) is 12.5. The molecule has 2 unspecified atom stereocenters. The van der Waals surface area contributed by atoms with Gasteiger partial charge >= 0.3 is 0 Å². The maximum Gasteiger partial charge on any atom is 0.0946 e. The zero-order valence-corrected chi connectivity index (χ0v) is 13.4. The maximum atomic E-state index is 4.67. The number of unbranched alkanes of at least 4 members (excludes halogenated alkanes) is 1. The summed E-state index contributed by atoms with van der Waals surface area (Å²) in [6.07, 6.45) is 6.31. The zero-order chi connectivity index (χ0) is 13.5. The highest BCUT2D eigenvalue weighted by Gasteiger charge is 2.20. The Morgan fingerprint density at radius 3 is 2.44 bits per heavy atom. The van der Waals surface area contributed by atoms with E-state index in [2.05, 4.69) is 45.0 Å². The van der Waals surface area contributed by atoms with Gasteiger partial charge in [-0.25, -0.2) is 4.98 Å². The van der Waals surface area contributed by atoms with Crippen molar-refractivity contribution in [1.82, 2.24) is 10.3 Å². The van der Waals surface area contributed by atoms with E-state index in [-0.39, 0.29) is 0 Å². The molecule has 1 aromatic heterocycles. The second-order valence-corrected chi connectivity index (χ2v) is 6.45. The average Bonchev–Trinajstić information content (AvgIpc) is 2.67.